The maximum absolute atomic E-state index is 14.1. The van der Waals surface area contributed by atoms with Gasteiger partial charge in [0, 0.05) is 64.4 Å². The van der Waals surface area contributed by atoms with Gasteiger partial charge in [-0.25, -0.2) is 18.0 Å². The molecule has 10 nitrogen and oxygen atoms in total. The van der Waals surface area contributed by atoms with Gasteiger partial charge in [-0.1, -0.05) is 30.5 Å². The minimum Gasteiger partial charge on any atom is -0.350 e. The molecule has 6 atom stereocenters. The number of hydrogen-bond donors (Lipinski definition) is 2. The first-order valence-corrected chi connectivity index (χ1v) is 22.6. The molecule has 0 saturated heterocycles. The number of halogens is 11. The maximum Gasteiger partial charge on any atom is 0.435 e. The number of pyridine rings is 1. The van der Waals surface area contributed by atoms with Gasteiger partial charge in [0.15, 0.2) is 11.5 Å². The molecule has 1 fully saturated rings. The molecule has 3 aromatic heterocycles. The number of nitrogens with zero attached hydrogens (tertiary/aromatic N) is 5. The van der Waals surface area contributed by atoms with Crippen LogP contribution in [-0.2, 0) is 58.2 Å². The number of hydrogen-bond acceptors (Lipinski definition) is 6. The summed E-state index contributed by atoms with van der Waals surface area (Å²) in [6.07, 6.45) is -6.43. The van der Waals surface area contributed by atoms with Crippen LogP contribution in [0.15, 0.2) is 42.5 Å². The van der Waals surface area contributed by atoms with Crippen molar-refractivity contribution in [3.05, 3.63) is 93.0 Å². The summed E-state index contributed by atoms with van der Waals surface area (Å²) >= 11 is 6.45. The molecule has 2 aliphatic carbocycles. The van der Waals surface area contributed by atoms with Crippen LogP contribution >= 0.6 is 11.6 Å². The number of rotatable bonds is 11. The topological polar surface area (TPSA) is 124 Å². The van der Waals surface area contributed by atoms with Crippen LogP contribution in [0, 0.1) is 35.3 Å². The molecule has 64 heavy (non-hydrogen) atoms. The molecule has 2 aromatic carbocycles. The van der Waals surface area contributed by atoms with Crippen molar-refractivity contribution in [1.82, 2.24) is 29.9 Å². The molecule has 1 amide bonds. The average molecular weight is 966 g/mol. The number of benzene rings is 2. The predicted molar refractivity (Wildman–Crippen MR) is 221 cm³/mol. The highest BCUT2D eigenvalue weighted by molar-refractivity contribution is 7.86. The standard InChI is InChI=1S/C30H27ClF5N5O3S2.C11H11F5N2/c1-29(2,45(3)43)10-9-20-5-6-21(26(38-20)24(37-16-42)13-17-11-18(32)14-19(33)12-17)22-7-8-23(31)25-27(22)41(15-30(34,35)36)39-28(25)40-46(4)44;1-3-18-9-6(8(17-18)11(14,15)16)5-4(2)7(5)10(9,12)13/h5-8,11-12,14,16,24H,13,15H2,1-4H3,(H,37,42)(H,39,40);4-5,7H,3H2,1-2H3/t;4-,5?,7?/m.1/s1. The fourth-order valence-corrected chi connectivity index (χ4v) is 8.65. The van der Waals surface area contributed by atoms with Crippen molar-refractivity contribution in [3.8, 4) is 23.0 Å². The Labute approximate surface area is 369 Å². The third-order valence-corrected chi connectivity index (χ3v) is 13.1. The number of anilines is 1. The number of fused-ring (bicyclic) bond motifs is 4. The summed E-state index contributed by atoms with van der Waals surface area (Å²) in [6.45, 7) is 4.90. The summed E-state index contributed by atoms with van der Waals surface area (Å²) < 4.78 is 163. The fraction of sp³-hybridized carbons (Fsp3) is 0.415. The Morgan fingerprint density at radius 3 is 2.17 bits per heavy atom. The number of alkyl halides is 8. The van der Waals surface area contributed by atoms with Crippen LogP contribution in [0.3, 0.4) is 0 Å². The van der Waals surface area contributed by atoms with Crippen molar-refractivity contribution in [2.24, 2.45) is 11.8 Å². The molecule has 7 rings (SSSR count). The normalized spacial score (nSPS) is 19.0. The molecule has 1 saturated carbocycles. The van der Waals surface area contributed by atoms with Crippen molar-refractivity contribution in [2.75, 3.05) is 17.2 Å². The molecule has 0 radical (unpaired) electrons. The molecule has 0 aliphatic heterocycles. The Morgan fingerprint density at radius 1 is 0.969 bits per heavy atom. The van der Waals surface area contributed by atoms with E-state index in [-0.39, 0.29) is 68.4 Å². The Morgan fingerprint density at radius 2 is 1.61 bits per heavy atom. The molecular formula is C41H38ClF10N7O3S2. The first kappa shape index (κ1) is 48.4. The summed E-state index contributed by atoms with van der Waals surface area (Å²) in [5.74, 6) is -1.37. The minimum atomic E-state index is -4.71. The van der Waals surface area contributed by atoms with Crippen LogP contribution in [0.2, 0.25) is 5.02 Å². The molecular weight excluding hydrogens is 928 g/mol. The highest BCUT2D eigenvalue weighted by Gasteiger charge is 2.72. The quantitative estimate of drug-likeness (QED) is 0.0774. The molecule has 0 spiro atoms. The second kappa shape index (κ2) is 17.8. The lowest BCUT2D eigenvalue weighted by molar-refractivity contribution is -0.142. The van der Waals surface area contributed by atoms with E-state index in [1.54, 1.807) is 20.8 Å². The third kappa shape index (κ3) is 9.80. The highest BCUT2D eigenvalue weighted by Crippen LogP contribution is 2.71. The first-order chi connectivity index (χ1) is 29.7. The van der Waals surface area contributed by atoms with Crippen LogP contribution in [0.4, 0.5) is 49.7 Å². The van der Waals surface area contributed by atoms with Crippen molar-refractivity contribution >= 4 is 56.5 Å². The Kier molecular flexibility index (Phi) is 13.4. The van der Waals surface area contributed by atoms with Crippen LogP contribution in [0.5, 0.6) is 0 Å². The van der Waals surface area contributed by atoms with E-state index in [2.05, 4.69) is 37.1 Å². The van der Waals surface area contributed by atoms with Crippen LogP contribution in [0.25, 0.3) is 22.0 Å². The van der Waals surface area contributed by atoms with E-state index in [9.17, 15) is 57.1 Å². The van der Waals surface area contributed by atoms with Gasteiger partial charge in [-0.15, -0.1) is 0 Å². The third-order valence-electron chi connectivity index (χ3n) is 10.8. The van der Waals surface area contributed by atoms with E-state index in [4.69, 9.17) is 11.6 Å². The largest absolute Gasteiger partial charge is 0.435 e. The monoisotopic (exact) mass is 965 g/mol. The highest BCUT2D eigenvalue weighted by atomic mass is 35.5. The van der Waals surface area contributed by atoms with E-state index in [1.807, 2.05) is 0 Å². The Hall–Kier alpha value is -5.01. The van der Waals surface area contributed by atoms with Gasteiger partial charge in [0.1, 0.15) is 45.3 Å². The number of amides is 1. The summed E-state index contributed by atoms with van der Waals surface area (Å²) in [7, 11) is -3.06. The number of carbonyl (C=O) groups excluding carboxylic acids is 1. The molecule has 3 heterocycles. The van der Waals surface area contributed by atoms with Crippen molar-refractivity contribution in [1.29, 1.82) is 0 Å². The maximum atomic E-state index is 14.1. The van der Waals surface area contributed by atoms with Crippen LogP contribution in [-0.4, -0.2) is 62.8 Å². The van der Waals surface area contributed by atoms with Gasteiger partial charge in [-0.05, 0) is 74.9 Å². The zero-order chi connectivity index (χ0) is 47.4. The first-order valence-electron chi connectivity index (χ1n) is 19.1. The molecule has 2 N–H and O–H groups in total. The Bertz CT molecular complexity index is 2720. The molecule has 23 heteroatoms. The fourth-order valence-electron chi connectivity index (χ4n) is 7.80. The van der Waals surface area contributed by atoms with Crippen molar-refractivity contribution < 1.29 is 57.1 Å². The van der Waals surface area contributed by atoms with Crippen LogP contribution in [0.1, 0.15) is 73.6 Å². The van der Waals surface area contributed by atoms with Gasteiger partial charge in [-0.2, -0.15) is 45.3 Å². The van der Waals surface area contributed by atoms with Gasteiger partial charge >= 0.3 is 12.4 Å². The van der Waals surface area contributed by atoms with Crippen molar-refractivity contribution in [3.63, 3.8) is 0 Å². The van der Waals surface area contributed by atoms with Gasteiger partial charge < -0.3 is 5.32 Å². The lowest BCUT2D eigenvalue weighted by Crippen LogP contribution is -2.24. The molecule has 5 unspecified atom stereocenters. The van der Waals surface area contributed by atoms with Gasteiger partial charge in [0.25, 0.3) is 5.92 Å². The summed E-state index contributed by atoms with van der Waals surface area (Å²) in [5.41, 5.74) is -1.21. The zero-order valence-corrected chi connectivity index (χ0v) is 36.9. The number of carbonyl (C=O) groups is 1. The van der Waals surface area contributed by atoms with Crippen molar-refractivity contribution in [2.45, 2.75) is 82.2 Å². The summed E-state index contributed by atoms with van der Waals surface area (Å²) in [6, 6.07) is 7.66. The van der Waals surface area contributed by atoms with E-state index < -0.39 is 98.2 Å². The predicted octanol–water partition coefficient (Wildman–Crippen LogP) is 9.21. The SMILES string of the molecule is CCn1nc(C(F)(F)F)c2c1C(F)(F)C1C2[C@H]1C.CS(=O)Nc1nn(CC(F)(F)F)c2c(-c3ccc(C#CC(C)(C)S(C)=O)nc3C(Cc3cc(F)cc(F)c3)NC=O)ccc(Cl)c12. The lowest BCUT2D eigenvalue weighted by atomic mass is 9.94. The van der Waals surface area contributed by atoms with E-state index in [1.165, 1.54) is 43.7 Å². The smallest absolute Gasteiger partial charge is 0.350 e. The molecule has 5 aromatic rings. The van der Waals surface area contributed by atoms with E-state index >= 15 is 0 Å². The van der Waals surface area contributed by atoms with Crippen LogP contribution < -0.4 is 10.0 Å². The van der Waals surface area contributed by atoms with Gasteiger partial charge in [0.05, 0.1) is 27.7 Å². The average Bonchev–Trinajstić information content (AvgIpc) is 3.40. The van der Waals surface area contributed by atoms with E-state index in [0.29, 0.717) is 17.2 Å². The second-order valence-electron chi connectivity index (χ2n) is 15.6. The Balaban J connectivity index is 0.000000311. The molecule has 344 valence electrons. The molecule has 0 bridgehead atoms. The second-order valence-corrected chi connectivity index (χ2v) is 19.1. The molecule has 2 aliphatic rings. The number of nitrogens with one attached hydrogen (secondary N) is 2. The number of aromatic nitrogens is 5. The lowest BCUT2D eigenvalue weighted by Gasteiger charge is -2.21. The summed E-state index contributed by atoms with van der Waals surface area (Å²) in [4.78, 5) is 16.4. The van der Waals surface area contributed by atoms with Gasteiger partial charge in [0.2, 0.25) is 6.41 Å². The number of aryl methyl sites for hydroxylation is 1. The summed E-state index contributed by atoms with van der Waals surface area (Å²) in [5, 5.41) is 10.0. The van der Waals surface area contributed by atoms with Gasteiger partial charge in [-0.3, -0.25) is 23.1 Å². The van der Waals surface area contributed by atoms with E-state index in [0.717, 1.165) is 16.8 Å². The minimum absolute atomic E-state index is 0.0157. The zero-order valence-electron chi connectivity index (χ0n) is 34.5.